The Hall–Kier alpha value is -2.03. The number of azo groups is 1. The Morgan fingerprint density at radius 1 is 0.939 bits per heavy atom. The van der Waals surface area contributed by atoms with Crippen LogP contribution in [0.25, 0.3) is 4.85 Å². The molecule has 0 aromatic heterocycles. The number of nitrogens with one attached hydrogen (secondary N) is 2. The van der Waals surface area contributed by atoms with Crippen LogP contribution in [0, 0.1) is 23.8 Å². The molecule has 0 bridgehead atoms. The maximum absolute atomic E-state index is 12.5. The van der Waals surface area contributed by atoms with Gasteiger partial charge >= 0.3 is 35.2 Å². The molecule has 1 aromatic carbocycles. The summed E-state index contributed by atoms with van der Waals surface area (Å²) >= 11 is 0.741. The van der Waals surface area contributed by atoms with Crippen LogP contribution in [0.1, 0.15) is 143 Å². The van der Waals surface area contributed by atoms with Gasteiger partial charge in [0.1, 0.15) is 0 Å². The van der Waals surface area contributed by atoms with Crippen LogP contribution >= 0.6 is 12.0 Å². The first kappa shape index (κ1) is 47.0. The van der Waals surface area contributed by atoms with Gasteiger partial charge in [0, 0.05) is 36.9 Å². The van der Waals surface area contributed by atoms with Gasteiger partial charge in [0.15, 0.2) is 5.54 Å². The van der Waals surface area contributed by atoms with Gasteiger partial charge in [0.05, 0.1) is 24.5 Å². The van der Waals surface area contributed by atoms with E-state index in [0.717, 1.165) is 18.5 Å². The molecule has 11 nitrogen and oxygen atoms in total. The predicted octanol–water partition coefficient (Wildman–Crippen LogP) is 6.02. The van der Waals surface area contributed by atoms with E-state index in [1.54, 1.807) is 38.1 Å². The van der Waals surface area contributed by atoms with E-state index in [4.69, 9.17) is 6.57 Å². The van der Waals surface area contributed by atoms with Crippen LogP contribution in [0.5, 0.6) is 0 Å². The van der Waals surface area contributed by atoms with Gasteiger partial charge in [-0.3, -0.25) is 19.5 Å². The van der Waals surface area contributed by atoms with Crippen molar-refractivity contribution in [2.24, 2.45) is 16.1 Å². The number of nitrogens with zero attached hydrogens (tertiary/aromatic N) is 4. The molecule has 0 saturated carbocycles. The Balaban J connectivity index is 0.0000230. The largest absolute Gasteiger partial charge is 1.00 e. The molecule has 0 radical (unpaired) electrons. The number of hydrogen-bond donors (Lipinski definition) is 2. The first-order chi connectivity index (χ1) is 23.1. The molecule has 0 aliphatic carbocycles. The third kappa shape index (κ3) is 23.9. The second kappa shape index (κ2) is 28.6. The summed E-state index contributed by atoms with van der Waals surface area (Å²) in [5, 5.41) is 37.1. The molecule has 0 aliphatic rings. The van der Waals surface area contributed by atoms with Crippen molar-refractivity contribution in [1.82, 2.24) is 5.32 Å². The summed E-state index contributed by atoms with van der Waals surface area (Å²) in [6, 6.07) is 8.67. The summed E-state index contributed by atoms with van der Waals surface area (Å²) in [5.41, 5.74) is -2.08. The van der Waals surface area contributed by atoms with Gasteiger partial charge in [-0.2, -0.15) is 14.7 Å². The van der Waals surface area contributed by atoms with Crippen molar-refractivity contribution in [3.63, 3.8) is 0 Å². The van der Waals surface area contributed by atoms with E-state index in [1.807, 2.05) is 0 Å². The molecule has 268 valence electrons. The molecule has 0 heterocycles. The van der Waals surface area contributed by atoms with Crippen LogP contribution in [0.4, 0.5) is 5.69 Å². The average Bonchev–Trinajstić information content (AvgIpc) is 3.09. The first-order valence-electron chi connectivity index (χ1n) is 17.6. The molecule has 49 heavy (non-hydrogen) atoms. The maximum Gasteiger partial charge on any atom is 1.00 e. The summed E-state index contributed by atoms with van der Waals surface area (Å²) in [6.45, 7) is 15.8. The molecule has 3 unspecified atom stereocenters. The standard InChI is InChI=1S/C36H58N6O5S.Na/c1-6-7-8-9-10-11-12-13-14-15-16-17-18-19-30(2)28-39-33(43)24-26-35(3,29-37)41-42-36(4,38-5)27-25-34(44)40-31-20-22-32(23-21-31)48-47-46-45;/h20-23,30,45H,6-19,24-28H2,1-4H3,(H,39,43)(H,40,44);/q;+1/p-1. The fraction of sp³-hybridized carbons (Fsp3) is 0.722. The van der Waals surface area contributed by atoms with E-state index in [1.165, 1.54) is 83.5 Å². The minimum absolute atomic E-state index is 0. The van der Waals surface area contributed by atoms with E-state index in [9.17, 15) is 20.1 Å². The third-order valence-electron chi connectivity index (χ3n) is 8.38. The maximum atomic E-state index is 12.5. The smallest absolute Gasteiger partial charge is 0.691 e. The van der Waals surface area contributed by atoms with Crippen LogP contribution in [0.2, 0.25) is 0 Å². The van der Waals surface area contributed by atoms with Gasteiger partial charge in [-0.05, 0) is 49.9 Å². The second-order valence-corrected chi connectivity index (χ2v) is 13.9. The van der Waals surface area contributed by atoms with Crippen LogP contribution in [0.15, 0.2) is 39.4 Å². The Labute approximate surface area is 321 Å². The van der Waals surface area contributed by atoms with E-state index in [-0.39, 0.29) is 67.1 Å². The van der Waals surface area contributed by atoms with E-state index < -0.39 is 11.2 Å². The average molecular weight is 709 g/mol. The molecular weight excluding hydrogens is 651 g/mol. The van der Waals surface area contributed by atoms with Gasteiger partial charge in [-0.15, -0.1) is 5.11 Å². The normalized spacial score (nSPS) is 14.1. The van der Waals surface area contributed by atoms with Crippen LogP contribution in [-0.4, -0.2) is 29.6 Å². The van der Waals surface area contributed by atoms with E-state index >= 15 is 0 Å². The summed E-state index contributed by atoms with van der Waals surface area (Å²) in [4.78, 5) is 29.2. The molecule has 0 saturated heterocycles. The molecule has 0 fully saturated rings. The van der Waals surface area contributed by atoms with Crippen molar-refractivity contribution in [3.8, 4) is 6.07 Å². The number of hydrogen-bond acceptors (Lipinski definition) is 9. The minimum Gasteiger partial charge on any atom is -0.691 e. The number of unbranched alkanes of at least 4 members (excludes halogenated alkanes) is 12. The van der Waals surface area contributed by atoms with Gasteiger partial charge < -0.3 is 15.9 Å². The summed E-state index contributed by atoms with van der Waals surface area (Å²) in [7, 11) is 0. The fourth-order valence-electron chi connectivity index (χ4n) is 5.04. The monoisotopic (exact) mass is 708 g/mol. The summed E-state index contributed by atoms with van der Waals surface area (Å²) in [5.74, 6) is -0.0629. The number of anilines is 1. The Morgan fingerprint density at radius 3 is 2.02 bits per heavy atom. The molecular formula is C36H57N6NaO5S. The molecule has 2 amide bonds. The number of benzene rings is 1. The zero-order valence-electron chi connectivity index (χ0n) is 30.6. The van der Waals surface area contributed by atoms with Crippen molar-refractivity contribution in [2.45, 2.75) is 159 Å². The molecule has 13 heteroatoms. The second-order valence-electron chi connectivity index (χ2n) is 13.1. The van der Waals surface area contributed by atoms with Crippen molar-refractivity contribution in [2.75, 3.05) is 11.9 Å². The van der Waals surface area contributed by atoms with E-state index in [0.29, 0.717) is 23.0 Å². The first-order valence-corrected chi connectivity index (χ1v) is 18.4. The molecule has 1 aromatic rings. The Bertz CT molecular complexity index is 1160. The number of nitriles is 1. The molecule has 0 spiro atoms. The van der Waals surface area contributed by atoms with Gasteiger partial charge in [0.25, 0.3) is 0 Å². The van der Waals surface area contributed by atoms with Crippen LogP contribution in [0.3, 0.4) is 0 Å². The van der Waals surface area contributed by atoms with Crippen LogP contribution in [-0.2, 0) is 19.0 Å². The van der Waals surface area contributed by atoms with Crippen molar-refractivity contribution < 1.29 is 53.8 Å². The van der Waals surface area contributed by atoms with Gasteiger partial charge in [-0.1, -0.05) is 97.3 Å². The third-order valence-corrected chi connectivity index (χ3v) is 8.96. The summed E-state index contributed by atoms with van der Waals surface area (Å²) in [6.07, 6.45) is 18.8. The minimum atomic E-state index is -1.34. The zero-order valence-corrected chi connectivity index (χ0v) is 33.4. The zero-order chi connectivity index (χ0) is 35.5. The number of rotatable bonds is 28. The van der Waals surface area contributed by atoms with Crippen LogP contribution < -0.4 is 45.4 Å². The molecule has 3 atom stereocenters. The van der Waals surface area contributed by atoms with Crippen molar-refractivity contribution in [3.05, 3.63) is 35.7 Å². The molecule has 2 N–H and O–H groups in total. The molecule has 0 aliphatic heterocycles. The van der Waals surface area contributed by atoms with Crippen molar-refractivity contribution in [1.29, 1.82) is 5.26 Å². The fourth-order valence-corrected chi connectivity index (χ4v) is 5.39. The SMILES string of the molecule is [C-]#[N+]C(C)(CCC(=O)Nc1ccc(SOO[O-])cc1)N=NC(C)(C#N)CCC(=O)NCC(C)CCCCCCCCCCCCCCC.[Na+]. The Kier molecular flexibility index (Phi) is 27.5. The number of carbonyl (C=O) groups is 2. The Morgan fingerprint density at radius 2 is 1.49 bits per heavy atom. The summed E-state index contributed by atoms with van der Waals surface area (Å²) < 4.78 is 4.25. The van der Waals surface area contributed by atoms with E-state index in [2.05, 4.69) is 55.0 Å². The quantitative estimate of drug-likeness (QED) is 0.0205. The predicted molar refractivity (Wildman–Crippen MR) is 188 cm³/mol. The topological polar surface area (TPSA) is 153 Å². The molecule has 1 rings (SSSR count). The number of amides is 2. The van der Waals surface area contributed by atoms with Gasteiger partial charge in [0.2, 0.25) is 11.8 Å². The van der Waals surface area contributed by atoms with Gasteiger partial charge in [-0.25, -0.2) is 6.57 Å². The number of carbonyl (C=O) groups excluding carboxylic acids is 2. The van der Waals surface area contributed by atoms with Crippen molar-refractivity contribution >= 4 is 29.5 Å².